The molecular formula is C51H97O3P. The standard InChI is InChI=1S/C51H97O3P/c1-9-11-13-15-17-19-21-23-25-27-29-31-33-35-37-39-41-46-45(44-54-55-52)43-47(50(3,4)5)49(48(46)51(6,7)8)53-42-40-38-36-34-32-30-28-26-24-22-20-18-16-14-12-10-2/h43H,9-42,44,55H2,1-8H3. The van der Waals surface area contributed by atoms with Crippen LogP contribution in [0.25, 0.3) is 0 Å². The largest absolute Gasteiger partial charge is 0.493 e. The molecule has 0 spiro atoms. The quantitative estimate of drug-likeness (QED) is 0.0494. The van der Waals surface area contributed by atoms with Gasteiger partial charge in [0.15, 0.2) is 8.69 Å². The molecule has 1 rings (SSSR count). The topological polar surface area (TPSA) is 35.5 Å². The number of ether oxygens (including phenoxy) is 1. The monoisotopic (exact) mass is 789 g/mol. The molecule has 4 heteroatoms. The first-order chi connectivity index (χ1) is 26.6. The average Bonchev–Trinajstić information content (AvgIpc) is 3.14. The Hall–Kier alpha value is -0.790. The fourth-order valence-corrected chi connectivity index (χ4v) is 8.72. The van der Waals surface area contributed by atoms with Crippen LogP contribution in [0.15, 0.2) is 6.07 Å². The highest BCUT2D eigenvalue weighted by atomic mass is 31.1. The van der Waals surface area contributed by atoms with Crippen LogP contribution in [0.5, 0.6) is 5.75 Å². The molecule has 0 bridgehead atoms. The van der Waals surface area contributed by atoms with Crippen molar-refractivity contribution < 1.29 is 13.8 Å². The van der Waals surface area contributed by atoms with Crippen molar-refractivity contribution in [3.63, 3.8) is 0 Å². The van der Waals surface area contributed by atoms with Crippen LogP contribution in [0.4, 0.5) is 0 Å². The number of benzene rings is 1. The first-order valence-electron chi connectivity index (χ1n) is 24.5. The summed E-state index contributed by atoms with van der Waals surface area (Å²) in [6, 6.07) is 2.34. The van der Waals surface area contributed by atoms with Gasteiger partial charge >= 0.3 is 0 Å². The van der Waals surface area contributed by atoms with Crippen molar-refractivity contribution >= 4 is 8.69 Å². The molecule has 0 N–H and O–H groups in total. The van der Waals surface area contributed by atoms with E-state index in [1.54, 1.807) is 0 Å². The van der Waals surface area contributed by atoms with Crippen LogP contribution >= 0.6 is 8.69 Å². The van der Waals surface area contributed by atoms with Gasteiger partial charge in [0, 0.05) is 11.1 Å². The van der Waals surface area contributed by atoms with Crippen LogP contribution in [0.3, 0.4) is 0 Å². The lowest BCUT2D eigenvalue weighted by Gasteiger charge is -2.33. The van der Waals surface area contributed by atoms with Gasteiger partial charge in [0.05, 0.1) is 13.2 Å². The van der Waals surface area contributed by atoms with Crippen molar-refractivity contribution in [1.29, 1.82) is 0 Å². The molecule has 3 nitrogen and oxygen atoms in total. The Bertz CT molecular complexity index is 1040. The maximum atomic E-state index is 11.6. The van der Waals surface area contributed by atoms with Crippen molar-refractivity contribution in [1.82, 2.24) is 0 Å². The third-order valence-electron chi connectivity index (χ3n) is 11.9. The van der Waals surface area contributed by atoms with E-state index in [-0.39, 0.29) is 10.8 Å². The Morgan fingerprint density at radius 3 is 1.15 bits per heavy atom. The normalized spacial score (nSPS) is 12.4. The highest BCUT2D eigenvalue weighted by molar-refractivity contribution is 7.17. The van der Waals surface area contributed by atoms with Gasteiger partial charge in [0.25, 0.3) is 0 Å². The molecule has 0 radical (unpaired) electrons. The summed E-state index contributed by atoms with van der Waals surface area (Å²) in [6.07, 6.45) is 45.3. The van der Waals surface area contributed by atoms with E-state index in [2.05, 4.69) is 61.5 Å². The van der Waals surface area contributed by atoms with Gasteiger partial charge in [-0.2, -0.15) is 0 Å². The fraction of sp³-hybridized carbons (Fsp3) is 0.882. The van der Waals surface area contributed by atoms with E-state index in [9.17, 15) is 4.57 Å². The van der Waals surface area contributed by atoms with E-state index in [1.807, 2.05) is 0 Å². The average molecular weight is 789 g/mol. The molecule has 0 aliphatic rings. The molecule has 0 heterocycles. The predicted octanol–water partition coefficient (Wildman–Crippen LogP) is 17.9. The fourth-order valence-electron chi connectivity index (χ4n) is 8.47. The summed E-state index contributed by atoms with van der Waals surface area (Å²) in [5.41, 5.74) is 5.11. The van der Waals surface area contributed by atoms with Crippen LogP contribution in [0.1, 0.15) is 283 Å². The van der Waals surface area contributed by atoms with E-state index in [1.165, 1.54) is 221 Å². The third kappa shape index (κ3) is 26.8. The molecule has 55 heavy (non-hydrogen) atoms. The predicted molar refractivity (Wildman–Crippen MR) is 247 cm³/mol. The molecule has 0 aromatic heterocycles. The number of hydrogen-bond donors (Lipinski definition) is 0. The number of rotatable bonds is 38. The molecular weight excluding hydrogens is 692 g/mol. The Kier molecular flexibility index (Phi) is 32.4. The molecule has 1 unspecified atom stereocenters. The maximum absolute atomic E-state index is 11.6. The minimum Gasteiger partial charge on any atom is -0.493 e. The molecule has 0 aliphatic heterocycles. The zero-order chi connectivity index (χ0) is 40.5. The summed E-state index contributed by atoms with van der Waals surface area (Å²) in [5.74, 6) is 1.12. The summed E-state index contributed by atoms with van der Waals surface area (Å²) in [6.45, 7) is 19.7. The number of unbranched alkanes of at least 4 members (excludes halogenated alkanes) is 30. The van der Waals surface area contributed by atoms with Gasteiger partial charge in [-0.1, -0.05) is 248 Å². The highest BCUT2D eigenvalue weighted by Gasteiger charge is 2.31. The lowest BCUT2D eigenvalue weighted by molar-refractivity contribution is 0.286. The maximum Gasteiger partial charge on any atom is 0.180 e. The lowest BCUT2D eigenvalue weighted by atomic mass is 9.74. The first kappa shape index (κ1) is 52.2. The minimum atomic E-state index is -1.23. The van der Waals surface area contributed by atoms with E-state index >= 15 is 0 Å². The zero-order valence-corrected chi connectivity index (χ0v) is 39.8. The van der Waals surface area contributed by atoms with E-state index in [0.29, 0.717) is 6.61 Å². The van der Waals surface area contributed by atoms with Crippen LogP contribution in [-0.4, -0.2) is 6.61 Å². The zero-order valence-electron chi connectivity index (χ0n) is 38.6. The molecule has 0 fully saturated rings. The Balaban J connectivity index is 2.59. The first-order valence-corrected chi connectivity index (χ1v) is 25.4. The van der Waals surface area contributed by atoms with E-state index < -0.39 is 8.69 Å². The van der Waals surface area contributed by atoms with Gasteiger partial charge in [0.1, 0.15) is 5.75 Å². The summed E-state index contributed by atoms with van der Waals surface area (Å²) >= 11 is 0. The van der Waals surface area contributed by atoms with Gasteiger partial charge in [-0.15, -0.1) is 0 Å². The minimum absolute atomic E-state index is 0.0597. The van der Waals surface area contributed by atoms with Crippen LogP contribution in [0, 0.1) is 0 Å². The van der Waals surface area contributed by atoms with Crippen molar-refractivity contribution in [3.05, 3.63) is 28.3 Å². The van der Waals surface area contributed by atoms with Crippen molar-refractivity contribution in [3.8, 4) is 5.75 Å². The van der Waals surface area contributed by atoms with Crippen molar-refractivity contribution in [2.24, 2.45) is 0 Å². The lowest BCUT2D eigenvalue weighted by Crippen LogP contribution is -2.23. The van der Waals surface area contributed by atoms with Crippen molar-refractivity contribution in [2.75, 3.05) is 6.61 Å². The molecule has 324 valence electrons. The summed E-state index contributed by atoms with van der Waals surface area (Å²) in [4.78, 5) is 0. The summed E-state index contributed by atoms with van der Waals surface area (Å²) in [7, 11) is -1.23. The van der Waals surface area contributed by atoms with Gasteiger partial charge in [-0.05, 0) is 47.3 Å². The van der Waals surface area contributed by atoms with E-state index in [4.69, 9.17) is 9.26 Å². The molecule has 0 saturated heterocycles. The highest BCUT2D eigenvalue weighted by Crippen LogP contribution is 2.44. The second-order valence-corrected chi connectivity index (χ2v) is 19.9. The summed E-state index contributed by atoms with van der Waals surface area (Å²) < 4.78 is 24.1. The SMILES string of the molecule is CCCCCCCCCCCCCCCCCCOc1c(C(C)(C)C)cc(CO[PH2]=O)c(CCCCCCCCCCCCCCCCCC)c1C(C)(C)C. The Morgan fingerprint density at radius 2 is 0.818 bits per heavy atom. The molecule has 0 saturated carbocycles. The van der Waals surface area contributed by atoms with Crippen LogP contribution in [-0.2, 0) is 32.9 Å². The second-order valence-electron chi connectivity index (χ2n) is 19.4. The Morgan fingerprint density at radius 1 is 0.473 bits per heavy atom. The van der Waals surface area contributed by atoms with Gasteiger partial charge in [0.2, 0.25) is 0 Å². The van der Waals surface area contributed by atoms with Crippen molar-refractivity contribution in [2.45, 2.75) is 285 Å². The van der Waals surface area contributed by atoms with E-state index in [0.717, 1.165) is 25.2 Å². The molecule has 0 aliphatic carbocycles. The van der Waals surface area contributed by atoms with Crippen LogP contribution < -0.4 is 4.74 Å². The molecule has 1 aromatic carbocycles. The smallest absolute Gasteiger partial charge is 0.180 e. The second kappa shape index (κ2) is 34.1. The molecule has 1 atom stereocenters. The third-order valence-corrected chi connectivity index (χ3v) is 12.2. The van der Waals surface area contributed by atoms with Crippen LogP contribution in [0.2, 0.25) is 0 Å². The molecule has 1 aromatic rings. The number of hydrogen-bond acceptors (Lipinski definition) is 3. The van der Waals surface area contributed by atoms with Gasteiger partial charge < -0.3 is 9.26 Å². The molecule has 0 amide bonds. The van der Waals surface area contributed by atoms with Gasteiger partial charge in [-0.25, -0.2) is 0 Å². The summed E-state index contributed by atoms with van der Waals surface area (Å²) in [5, 5.41) is 0. The Labute approximate surface area is 346 Å². The van der Waals surface area contributed by atoms with Gasteiger partial charge in [-0.3, -0.25) is 4.57 Å².